The van der Waals surface area contributed by atoms with Gasteiger partial charge in [0.25, 0.3) is 0 Å². The Labute approximate surface area is 552 Å². The van der Waals surface area contributed by atoms with Crippen LogP contribution in [-0.2, 0) is 55.6 Å². The highest BCUT2D eigenvalue weighted by molar-refractivity contribution is 6.13. The average molecular weight is 1450 g/mol. The van der Waals surface area contributed by atoms with E-state index in [4.69, 9.17) is 0 Å². The van der Waals surface area contributed by atoms with E-state index in [0.29, 0.717) is 12.1 Å². The largest absolute Gasteiger partial charge is 0.416 e. The summed E-state index contributed by atoms with van der Waals surface area (Å²) in [5.74, 6) is 0. The number of hydrogen-bond acceptors (Lipinski definition) is 2. The van der Waals surface area contributed by atoms with Gasteiger partial charge in [0, 0.05) is 21.5 Å². The van der Waals surface area contributed by atoms with Crippen molar-refractivity contribution in [3.63, 3.8) is 0 Å². The van der Waals surface area contributed by atoms with Gasteiger partial charge in [0.15, 0.2) is 0 Å². The van der Waals surface area contributed by atoms with Crippen LogP contribution in [0.1, 0.15) is 61.2 Å². The van der Waals surface area contributed by atoms with Crippen molar-refractivity contribution < 1.29 is 119 Å². The summed E-state index contributed by atoms with van der Waals surface area (Å²) in [5, 5.41) is 21.3. The maximum atomic E-state index is 15.0. The highest BCUT2D eigenvalue weighted by Crippen LogP contribution is 2.49. The van der Waals surface area contributed by atoms with Crippen LogP contribution in [0.2, 0.25) is 0 Å². The first-order chi connectivity index (χ1) is 47.1. The number of nitrogens with zero attached hydrogens (tertiary/aromatic N) is 4. The Morgan fingerprint density at radius 3 is 0.598 bits per heavy atom. The fraction of sp³-hybridized carbons (Fsp3) is 0.127. The SMILES string of the molecule is N#Cc1cc(-c2cc(-n3c4cc(-c5cc(C(F)(F)F)cc(C(F)(F)F)c5)ccc4c4ccc(-c5cc(C(F)(F)F)cc(C(F)(F)F)c5)cc43)c(C#N)c(-n3c4cc(-c5cc(C(F)(F)F)cc(C(F)(F)F)c5)ccc4c4ccc(-c5cc(C(F)(F)F)cc(C(F)(F)F)c5)cc43)c2)cc(C(F)(F)F)c1. The van der Waals surface area contributed by atoms with Crippen molar-refractivity contribution in [2.75, 3.05) is 0 Å². The first-order valence-electron chi connectivity index (χ1n) is 28.7. The molecule has 0 unspecified atom stereocenters. The van der Waals surface area contributed by atoms with Crippen LogP contribution in [0.4, 0.5) is 119 Å². The number of hydrogen-bond donors (Lipinski definition) is 0. The van der Waals surface area contributed by atoms with Gasteiger partial charge in [-0.3, -0.25) is 0 Å². The standard InChI is InChI=1S/C71H29F27N4/c72-63(73,74)43-10-32(30-99)9-37(11-43)42-24-61(101-57-20-33(38-12-44(64(75,76)77)26-45(13-38)65(78,79)80)1-5-52(57)53-6-2-34(21-58(53)101)39-14-46(66(81,82)83)27-47(15-39)67(84,85)86)56(31-100)62(25-42)102-59-22-35(40-16-48(68(87,88)89)28-49(17-40)69(90,91)92)3-7-54(59)55-8-4-36(23-60(55)102)41-18-50(70(93,94)95)29-51(19-41)71(96,97)98/h1-29H. The molecule has 12 aromatic rings. The zero-order valence-electron chi connectivity index (χ0n) is 49.7. The molecule has 0 aliphatic heterocycles. The van der Waals surface area contributed by atoms with E-state index in [-0.39, 0.29) is 94.3 Å². The molecule has 2 heterocycles. The Bertz CT molecular complexity index is 4840. The van der Waals surface area contributed by atoms with Gasteiger partial charge >= 0.3 is 55.6 Å². The molecule has 0 spiro atoms. The second kappa shape index (κ2) is 23.8. The zero-order valence-corrected chi connectivity index (χ0v) is 49.7. The summed E-state index contributed by atoms with van der Waals surface area (Å²) in [6, 6.07) is 19.5. The van der Waals surface area contributed by atoms with Crippen molar-refractivity contribution in [3.8, 4) is 79.1 Å². The van der Waals surface area contributed by atoms with Crippen molar-refractivity contribution in [2.45, 2.75) is 55.6 Å². The number of aromatic nitrogens is 2. The van der Waals surface area contributed by atoms with Crippen LogP contribution in [0.25, 0.3) is 111 Å². The van der Waals surface area contributed by atoms with Crippen LogP contribution in [0.15, 0.2) is 176 Å². The van der Waals surface area contributed by atoms with Gasteiger partial charge < -0.3 is 9.13 Å². The molecule has 0 saturated carbocycles. The molecule has 0 fully saturated rings. The molecule has 0 amide bonds. The molecule has 4 nitrogen and oxygen atoms in total. The van der Waals surface area contributed by atoms with Crippen LogP contribution in [0.3, 0.4) is 0 Å². The lowest BCUT2D eigenvalue weighted by molar-refractivity contribution is -0.144. The van der Waals surface area contributed by atoms with Crippen LogP contribution in [0.5, 0.6) is 0 Å². The lowest BCUT2D eigenvalue weighted by atomic mass is 9.96. The molecule has 102 heavy (non-hydrogen) atoms. The molecule has 0 atom stereocenters. The van der Waals surface area contributed by atoms with Gasteiger partial charge in [-0.1, -0.05) is 48.5 Å². The molecule has 0 bridgehead atoms. The summed E-state index contributed by atoms with van der Waals surface area (Å²) in [4.78, 5) is 0. The Hall–Kier alpha value is -11.1. The molecule has 0 saturated heterocycles. The molecule has 12 rings (SSSR count). The minimum atomic E-state index is -5.50. The predicted octanol–water partition coefficient (Wildman–Crippen LogP) is 25.1. The zero-order chi connectivity index (χ0) is 74.5. The minimum Gasteiger partial charge on any atom is -0.308 e. The topological polar surface area (TPSA) is 57.4 Å². The maximum Gasteiger partial charge on any atom is 0.416 e. The number of alkyl halides is 27. The molecule has 2 aromatic heterocycles. The first-order valence-corrected chi connectivity index (χ1v) is 28.7. The third-order valence-corrected chi connectivity index (χ3v) is 16.6. The summed E-state index contributed by atoms with van der Waals surface area (Å²) < 4.78 is 395. The van der Waals surface area contributed by atoms with Crippen LogP contribution in [0, 0.1) is 22.7 Å². The molecule has 0 N–H and O–H groups in total. The molecule has 0 radical (unpaired) electrons. The second-order valence-electron chi connectivity index (χ2n) is 23.2. The Kier molecular flexibility index (Phi) is 16.5. The van der Waals surface area contributed by atoms with E-state index < -0.39 is 206 Å². The molecular weight excluding hydrogens is 1420 g/mol. The van der Waals surface area contributed by atoms with E-state index in [1.165, 1.54) is 6.07 Å². The molecule has 522 valence electrons. The van der Waals surface area contributed by atoms with Gasteiger partial charge in [0.1, 0.15) is 11.6 Å². The third kappa shape index (κ3) is 13.3. The van der Waals surface area contributed by atoms with Crippen molar-refractivity contribution in [3.05, 3.63) is 237 Å². The number of nitriles is 2. The van der Waals surface area contributed by atoms with E-state index in [0.717, 1.165) is 100 Å². The van der Waals surface area contributed by atoms with Gasteiger partial charge in [0.05, 0.1) is 95.1 Å². The summed E-state index contributed by atoms with van der Waals surface area (Å²) in [6.07, 6.45) is -49.3. The number of halogens is 27. The summed E-state index contributed by atoms with van der Waals surface area (Å²) in [6.45, 7) is 0. The summed E-state index contributed by atoms with van der Waals surface area (Å²) in [5.41, 5.74) is -28.6. The van der Waals surface area contributed by atoms with Gasteiger partial charge in [0.2, 0.25) is 0 Å². The van der Waals surface area contributed by atoms with Gasteiger partial charge in [-0.25, -0.2) is 0 Å². The monoisotopic (exact) mass is 1450 g/mol. The van der Waals surface area contributed by atoms with Crippen molar-refractivity contribution in [1.82, 2.24) is 9.13 Å². The van der Waals surface area contributed by atoms with Crippen LogP contribution in [-0.4, -0.2) is 9.13 Å². The van der Waals surface area contributed by atoms with E-state index in [9.17, 15) is 129 Å². The molecular formula is C71H29F27N4. The predicted molar refractivity (Wildman–Crippen MR) is 317 cm³/mol. The Morgan fingerprint density at radius 2 is 0.402 bits per heavy atom. The number of fused-ring (bicyclic) bond motifs is 6. The van der Waals surface area contributed by atoms with E-state index in [1.54, 1.807) is 0 Å². The quantitative estimate of drug-likeness (QED) is 0.149. The summed E-state index contributed by atoms with van der Waals surface area (Å²) in [7, 11) is 0. The third-order valence-electron chi connectivity index (χ3n) is 16.6. The van der Waals surface area contributed by atoms with E-state index in [1.807, 2.05) is 6.07 Å². The Morgan fingerprint density at radius 1 is 0.206 bits per heavy atom. The van der Waals surface area contributed by atoms with Gasteiger partial charge in [-0.15, -0.1) is 0 Å². The first kappa shape index (κ1) is 70.7. The molecule has 0 aliphatic carbocycles. The fourth-order valence-corrected chi connectivity index (χ4v) is 12.0. The second-order valence-corrected chi connectivity index (χ2v) is 23.2. The van der Waals surface area contributed by atoms with Crippen molar-refractivity contribution in [2.24, 2.45) is 0 Å². The number of benzene rings is 10. The summed E-state index contributed by atoms with van der Waals surface area (Å²) >= 11 is 0. The lowest BCUT2D eigenvalue weighted by Gasteiger charge is -2.20. The van der Waals surface area contributed by atoms with Crippen LogP contribution >= 0.6 is 0 Å². The van der Waals surface area contributed by atoms with Crippen LogP contribution < -0.4 is 0 Å². The van der Waals surface area contributed by atoms with Gasteiger partial charge in [-0.05, 0) is 183 Å². The van der Waals surface area contributed by atoms with Crippen molar-refractivity contribution >= 4 is 43.6 Å². The van der Waals surface area contributed by atoms with Crippen molar-refractivity contribution in [1.29, 1.82) is 10.5 Å². The fourth-order valence-electron chi connectivity index (χ4n) is 12.0. The normalized spacial score (nSPS) is 13.2. The van der Waals surface area contributed by atoms with Gasteiger partial charge in [-0.2, -0.15) is 129 Å². The highest BCUT2D eigenvalue weighted by Gasteiger charge is 2.42. The van der Waals surface area contributed by atoms with E-state index >= 15 is 0 Å². The average Bonchev–Trinajstić information content (AvgIpc) is 1.55. The number of rotatable bonds is 7. The molecule has 31 heteroatoms. The molecule has 10 aromatic carbocycles. The Balaban J connectivity index is 1.29. The highest BCUT2D eigenvalue weighted by atomic mass is 19.4. The molecule has 0 aliphatic rings. The maximum absolute atomic E-state index is 15.0. The minimum absolute atomic E-state index is 0.185. The lowest BCUT2D eigenvalue weighted by Crippen LogP contribution is -2.11. The smallest absolute Gasteiger partial charge is 0.308 e. The van der Waals surface area contributed by atoms with E-state index in [2.05, 4.69) is 0 Å².